The number of rotatable bonds is 7. The van der Waals surface area contributed by atoms with Crippen LogP contribution in [0.3, 0.4) is 0 Å². The van der Waals surface area contributed by atoms with Crippen LogP contribution in [-0.4, -0.2) is 27.9 Å². The second-order valence-corrected chi connectivity index (χ2v) is 2.79. The zero-order chi connectivity index (χ0) is 10.1. The van der Waals surface area contributed by atoms with Crippen molar-refractivity contribution in [3.63, 3.8) is 0 Å². The number of carbonyl (C=O) groups is 1. The molecule has 1 atom stereocenters. The Morgan fingerprint density at radius 2 is 2.08 bits per heavy atom. The van der Waals surface area contributed by atoms with Crippen LogP contribution in [0, 0.1) is 0 Å². The van der Waals surface area contributed by atoms with Gasteiger partial charge in [0.1, 0.15) is 0 Å². The largest absolute Gasteiger partial charge is 0.463 e. The topological polar surface area (TPSA) is 72.8 Å². The minimum absolute atomic E-state index is 0.175. The van der Waals surface area contributed by atoms with Gasteiger partial charge in [0.15, 0.2) is 0 Å². The van der Waals surface area contributed by atoms with Crippen molar-refractivity contribution < 1.29 is 22.5 Å². The van der Waals surface area contributed by atoms with E-state index in [1.807, 2.05) is 0 Å². The van der Waals surface area contributed by atoms with Crippen LogP contribution in [0.2, 0.25) is 0 Å². The lowest BCUT2D eigenvalue weighted by Crippen LogP contribution is -2.04. The SMILES string of the molecule is C=CC(=O)OCCCCOS(=O)O. The van der Waals surface area contributed by atoms with Crippen LogP contribution in [0.1, 0.15) is 12.8 Å². The molecule has 0 rings (SSSR count). The highest BCUT2D eigenvalue weighted by Crippen LogP contribution is 1.93. The second-order valence-electron chi connectivity index (χ2n) is 2.12. The van der Waals surface area contributed by atoms with Crippen molar-refractivity contribution in [2.45, 2.75) is 12.8 Å². The van der Waals surface area contributed by atoms with E-state index in [1.165, 1.54) is 0 Å². The zero-order valence-corrected chi connectivity index (χ0v) is 7.92. The van der Waals surface area contributed by atoms with Gasteiger partial charge in [-0.25, -0.2) is 4.79 Å². The van der Waals surface area contributed by atoms with Crippen LogP contribution in [0.15, 0.2) is 12.7 Å². The van der Waals surface area contributed by atoms with E-state index in [0.717, 1.165) is 6.08 Å². The average molecular weight is 208 g/mol. The van der Waals surface area contributed by atoms with Gasteiger partial charge in [-0.2, -0.15) is 4.21 Å². The molecule has 0 aliphatic carbocycles. The van der Waals surface area contributed by atoms with Crippen molar-refractivity contribution >= 4 is 17.3 Å². The fraction of sp³-hybridized carbons (Fsp3) is 0.571. The Balaban J connectivity index is 3.12. The number of hydrogen-bond acceptors (Lipinski definition) is 4. The van der Waals surface area contributed by atoms with Crippen molar-refractivity contribution in [3.05, 3.63) is 12.7 Å². The fourth-order valence-electron chi connectivity index (χ4n) is 0.566. The molecule has 5 nitrogen and oxygen atoms in total. The lowest BCUT2D eigenvalue weighted by atomic mass is 10.3. The Hall–Kier alpha value is -0.720. The highest BCUT2D eigenvalue weighted by molar-refractivity contribution is 7.74. The highest BCUT2D eigenvalue weighted by atomic mass is 32.2. The molecule has 0 spiro atoms. The third-order valence-corrected chi connectivity index (χ3v) is 1.50. The monoisotopic (exact) mass is 208 g/mol. The highest BCUT2D eigenvalue weighted by Gasteiger charge is 1.96. The molecule has 0 aliphatic rings. The Morgan fingerprint density at radius 1 is 1.46 bits per heavy atom. The van der Waals surface area contributed by atoms with Gasteiger partial charge < -0.3 is 4.74 Å². The fourth-order valence-corrected chi connectivity index (χ4v) is 0.826. The Bertz CT molecular complexity index is 191. The molecule has 0 bridgehead atoms. The predicted molar refractivity (Wildman–Crippen MR) is 47.1 cm³/mol. The molecule has 0 fully saturated rings. The quantitative estimate of drug-likeness (QED) is 0.288. The standard InChI is InChI=1S/C7H12O5S/c1-2-7(8)11-5-3-4-6-12-13(9)10/h2H,1,3-6H2,(H,9,10). The van der Waals surface area contributed by atoms with Crippen LogP contribution < -0.4 is 0 Å². The lowest BCUT2D eigenvalue weighted by molar-refractivity contribution is -0.137. The van der Waals surface area contributed by atoms with Gasteiger partial charge >= 0.3 is 17.3 Å². The Labute approximate surface area is 79.2 Å². The van der Waals surface area contributed by atoms with Gasteiger partial charge in [-0.15, -0.1) is 0 Å². The van der Waals surface area contributed by atoms with Gasteiger partial charge in [-0.1, -0.05) is 6.58 Å². The van der Waals surface area contributed by atoms with E-state index >= 15 is 0 Å². The van der Waals surface area contributed by atoms with Gasteiger partial charge in [0.05, 0.1) is 13.2 Å². The minimum Gasteiger partial charge on any atom is -0.463 e. The van der Waals surface area contributed by atoms with E-state index in [2.05, 4.69) is 15.5 Å². The smallest absolute Gasteiger partial charge is 0.330 e. The lowest BCUT2D eigenvalue weighted by Gasteiger charge is -2.00. The third kappa shape index (κ3) is 9.19. The second kappa shape index (κ2) is 7.90. The maximum absolute atomic E-state index is 10.5. The van der Waals surface area contributed by atoms with E-state index in [4.69, 9.17) is 4.55 Å². The first-order valence-corrected chi connectivity index (χ1v) is 4.73. The van der Waals surface area contributed by atoms with Gasteiger partial charge in [0.2, 0.25) is 0 Å². The molecule has 0 radical (unpaired) electrons. The maximum atomic E-state index is 10.5. The molecule has 1 unspecified atom stereocenters. The first-order valence-electron chi connectivity index (χ1n) is 3.70. The molecule has 13 heavy (non-hydrogen) atoms. The maximum Gasteiger partial charge on any atom is 0.330 e. The van der Waals surface area contributed by atoms with E-state index < -0.39 is 17.3 Å². The first kappa shape index (κ1) is 12.3. The van der Waals surface area contributed by atoms with Gasteiger partial charge in [-0.05, 0) is 12.8 Å². The van der Waals surface area contributed by atoms with Crippen molar-refractivity contribution in [1.82, 2.24) is 0 Å². The third-order valence-electron chi connectivity index (χ3n) is 1.13. The van der Waals surface area contributed by atoms with Gasteiger partial charge in [0.25, 0.3) is 0 Å². The van der Waals surface area contributed by atoms with E-state index in [1.54, 1.807) is 0 Å². The molecule has 1 N–H and O–H groups in total. The summed E-state index contributed by atoms with van der Waals surface area (Å²) in [6.45, 7) is 3.67. The summed E-state index contributed by atoms with van der Waals surface area (Å²) in [5, 5.41) is 0. The molecule has 76 valence electrons. The van der Waals surface area contributed by atoms with Crippen LogP contribution in [0.25, 0.3) is 0 Å². The summed E-state index contributed by atoms with van der Waals surface area (Å²) in [5.41, 5.74) is 0. The Kier molecular flexibility index (Phi) is 7.47. The van der Waals surface area contributed by atoms with Gasteiger partial charge in [0, 0.05) is 6.08 Å². The van der Waals surface area contributed by atoms with Crippen LogP contribution in [0.5, 0.6) is 0 Å². The number of ether oxygens (including phenoxy) is 1. The molecule has 0 saturated heterocycles. The molecule has 0 aromatic rings. The molecular weight excluding hydrogens is 196 g/mol. The molecular formula is C7H12O5S. The van der Waals surface area contributed by atoms with E-state index in [0.29, 0.717) is 12.8 Å². The normalized spacial score (nSPS) is 12.1. The summed E-state index contributed by atoms with van der Waals surface area (Å²) < 4.78 is 27.2. The van der Waals surface area contributed by atoms with Gasteiger partial charge in [-0.3, -0.25) is 8.74 Å². The average Bonchev–Trinajstić information content (AvgIpc) is 2.10. The van der Waals surface area contributed by atoms with E-state index in [9.17, 15) is 9.00 Å². The van der Waals surface area contributed by atoms with Crippen molar-refractivity contribution in [1.29, 1.82) is 0 Å². The van der Waals surface area contributed by atoms with Crippen LogP contribution >= 0.6 is 0 Å². The van der Waals surface area contributed by atoms with Crippen molar-refractivity contribution in [2.24, 2.45) is 0 Å². The number of hydrogen-bond donors (Lipinski definition) is 1. The molecule has 0 saturated carbocycles. The summed E-state index contributed by atoms with van der Waals surface area (Å²) in [6, 6.07) is 0. The predicted octanol–water partition coefficient (Wildman–Crippen LogP) is 0.649. The van der Waals surface area contributed by atoms with Crippen LogP contribution in [-0.2, 0) is 25.1 Å². The summed E-state index contributed by atoms with van der Waals surface area (Å²) in [7, 11) is 0. The first-order chi connectivity index (χ1) is 6.16. The molecule has 0 amide bonds. The number of esters is 1. The van der Waals surface area contributed by atoms with Crippen molar-refractivity contribution in [3.8, 4) is 0 Å². The number of carbonyl (C=O) groups excluding carboxylic acids is 1. The molecule has 6 heteroatoms. The molecule has 0 aliphatic heterocycles. The molecule has 0 aromatic carbocycles. The summed E-state index contributed by atoms with van der Waals surface area (Å²) in [5.74, 6) is -0.466. The molecule has 0 aromatic heterocycles. The molecule has 0 heterocycles. The Morgan fingerprint density at radius 3 is 2.62 bits per heavy atom. The summed E-state index contributed by atoms with van der Waals surface area (Å²) >= 11 is -2.21. The summed E-state index contributed by atoms with van der Waals surface area (Å²) in [4.78, 5) is 10.5. The number of unbranched alkanes of at least 4 members (excludes halogenated alkanes) is 1. The van der Waals surface area contributed by atoms with E-state index in [-0.39, 0.29) is 13.2 Å². The zero-order valence-electron chi connectivity index (χ0n) is 7.10. The summed E-state index contributed by atoms with van der Waals surface area (Å²) in [6.07, 6.45) is 2.24. The van der Waals surface area contributed by atoms with Crippen molar-refractivity contribution in [2.75, 3.05) is 13.2 Å². The van der Waals surface area contributed by atoms with Crippen LogP contribution in [0.4, 0.5) is 0 Å². The minimum atomic E-state index is -2.21.